The third-order valence-corrected chi connectivity index (χ3v) is 3.55. The number of anilines is 1. The molecule has 2 aromatic carbocycles. The highest BCUT2D eigenvalue weighted by Gasteiger charge is 2.26. The molecule has 20 heavy (non-hydrogen) atoms. The Balaban J connectivity index is 1.80. The van der Waals surface area contributed by atoms with Crippen molar-refractivity contribution in [2.45, 2.75) is 6.54 Å². The Hall–Kier alpha value is -2.33. The summed E-state index contributed by atoms with van der Waals surface area (Å²) < 4.78 is 0. The normalized spacial score (nSPS) is 13.1. The van der Waals surface area contributed by atoms with E-state index in [4.69, 9.17) is 11.6 Å². The van der Waals surface area contributed by atoms with E-state index < -0.39 is 0 Å². The zero-order chi connectivity index (χ0) is 14.1. The average Bonchev–Trinajstić information content (AvgIpc) is 2.73. The predicted molar refractivity (Wildman–Crippen MR) is 77.0 cm³/mol. The van der Waals surface area contributed by atoms with Gasteiger partial charge in [-0.15, -0.1) is 0 Å². The second-order valence-electron chi connectivity index (χ2n) is 4.49. The van der Waals surface area contributed by atoms with Crippen molar-refractivity contribution in [1.29, 1.82) is 0 Å². The Morgan fingerprint density at radius 2 is 1.75 bits per heavy atom. The molecule has 0 aromatic heterocycles. The van der Waals surface area contributed by atoms with Crippen LogP contribution in [0.2, 0.25) is 5.02 Å². The number of rotatable bonds is 3. The fourth-order valence-corrected chi connectivity index (χ4v) is 2.32. The monoisotopic (exact) mass is 286 g/mol. The van der Waals surface area contributed by atoms with E-state index in [-0.39, 0.29) is 11.8 Å². The number of carbonyl (C=O) groups is 2. The van der Waals surface area contributed by atoms with E-state index in [0.29, 0.717) is 22.7 Å². The summed E-state index contributed by atoms with van der Waals surface area (Å²) in [6.45, 7) is 0.550. The second-order valence-corrected chi connectivity index (χ2v) is 4.90. The molecule has 5 heteroatoms. The molecule has 0 radical (unpaired) electrons. The van der Waals surface area contributed by atoms with Crippen molar-refractivity contribution in [2.24, 2.45) is 0 Å². The fraction of sp³-hybridized carbons (Fsp3) is 0.0667. The molecule has 2 aromatic rings. The molecule has 1 aliphatic rings. The number of carbonyl (C=O) groups excluding carboxylic acids is 2. The van der Waals surface area contributed by atoms with Crippen LogP contribution in [0.15, 0.2) is 42.5 Å². The van der Waals surface area contributed by atoms with E-state index in [0.717, 1.165) is 11.3 Å². The minimum absolute atomic E-state index is 0.345. The van der Waals surface area contributed by atoms with Crippen LogP contribution in [0, 0.1) is 0 Å². The first-order valence-electron chi connectivity index (χ1n) is 6.12. The molecular formula is C15H11ClN2O2. The van der Waals surface area contributed by atoms with Crippen LogP contribution < -0.4 is 10.6 Å². The summed E-state index contributed by atoms with van der Waals surface area (Å²) in [6, 6.07) is 12.6. The molecule has 0 saturated heterocycles. The molecule has 0 fully saturated rings. The van der Waals surface area contributed by atoms with Crippen LogP contribution in [0.1, 0.15) is 26.3 Å². The number of amides is 2. The Kier molecular flexibility index (Phi) is 3.16. The van der Waals surface area contributed by atoms with Gasteiger partial charge in [0.1, 0.15) is 0 Å². The van der Waals surface area contributed by atoms with E-state index in [2.05, 4.69) is 10.6 Å². The quantitative estimate of drug-likeness (QED) is 0.853. The number of halogens is 1. The van der Waals surface area contributed by atoms with Crippen LogP contribution in [0.25, 0.3) is 0 Å². The number of benzene rings is 2. The lowest BCUT2D eigenvalue weighted by molar-refractivity contribution is 0.0879. The van der Waals surface area contributed by atoms with Gasteiger partial charge >= 0.3 is 0 Å². The maximum absolute atomic E-state index is 11.6. The molecular weight excluding hydrogens is 276 g/mol. The predicted octanol–water partition coefficient (Wildman–Crippen LogP) is 2.84. The van der Waals surface area contributed by atoms with Gasteiger partial charge in [0.15, 0.2) is 0 Å². The molecule has 1 heterocycles. The van der Waals surface area contributed by atoms with Gasteiger partial charge in [0, 0.05) is 17.3 Å². The first-order valence-corrected chi connectivity index (χ1v) is 6.50. The van der Waals surface area contributed by atoms with Crippen LogP contribution in [-0.2, 0) is 6.54 Å². The number of hydrogen-bond acceptors (Lipinski definition) is 3. The molecule has 0 spiro atoms. The smallest absolute Gasteiger partial charge is 0.259 e. The van der Waals surface area contributed by atoms with Gasteiger partial charge in [0.25, 0.3) is 11.8 Å². The van der Waals surface area contributed by atoms with Crippen molar-refractivity contribution in [3.63, 3.8) is 0 Å². The molecule has 0 aliphatic carbocycles. The molecule has 2 N–H and O–H groups in total. The van der Waals surface area contributed by atoms with Crippen molar-refractivity contribution in [3.05, 3.63) is 64.2 Å². The van der Waals surface area contributed by atoms with Gasteiger partial charge in [-0.3, -0.25) is 14.9 Å². The Morgan fingerprint density at radius 1 is 1.00 bits per heavy atom. The molecule has 2 amide bonds. The molecule has 1 aliphatic heterocycles. The summed E-state index contributed by atoms with van der Waals surface area (Å²) >= 11 is 6.08. The lowest BCUT2D eigenvalue weighted by Gasteiger charge is -2.08. The first-order chi connectivity index (χ1) is 9.65. The highest BCUT2D eigenvalue weighted by molar-refractivity contribution is 6.31. The number of fused-ring (bicyclic) bond motifs is 1. The Labute approximate surface area is 120 Å². The van der Waals surface area contributed by atoms with Gasteiger partial charge in [-0.25, -0.2) is 0 Å². The van der Waals surface area contributed by atoms with Crippen molar-refractivity contribution >= 4 is 29.1 Å². The van der Waals surface area contributed by atoms with Crippen LogP contribution in [0.3, 0.4) is 0 Å². The summed E-state index contributed by atoms with van der Waals surface area (Å²) in [5, 5.41) is 6.15. The van der Waals surface area contributed by atoms with Crippen molar-refractivity contribution in [3.8, 4) is 0 Å². The van der Waals surface area contributed by atoms with E-state index in [9.17, 15) is 9.59 Å². The van der Waals surface area contributed by atoms with Gasteiger partial charge in [-0.05, 0) is 29.8 Å². The molecule has 0 saturated carbocycles. The number of hydrogen-bond donors (Lipinski definition) is 2. The Morgan fingerprint density at radius 3 is 2.55 bits per heavy atom. The van der Waals surface area contributed by atoms with Crippen LogP contribution in [-0.4, -0.2) is 11.8 Å². The van der Waals surface area contributed by atoms with Crippen molar-refractivity contribution in [1.82, 2.24) is 5.32 Å². The van der Waals surface area contributed by atoms with Crippen LogP contribution >= 0.6 is 11.6 Å². The summed E-state index contributed by atoms with van der Waals surface area (Å²) in [4.78, 5) is 23.0. The van der Waals surface area contributed by atoms with Gasteiger partial charge in [0.2, 0.25) is 0 Å². The zero-order valence-electron chi connectivity index (χ0n) is 10.4. The maximum atomic E-state index is 11.6. The van der Waals surface area contributed by atoms with E-state index in [1.54, 1.807) is 18.2 Å². The third-order valence-electron chi connectivity index (χ3n) is 3.18. The fourth-order valence-electron chi connectivity index (χ4n) is 2.12. The highest BCUT2D eigenvalue weighted by Crippen LogP contribution is 2.22. The second kappa shape index (κ2) is 4.98. The minimum Gasteiger partial charge on any atom is -0.381 e. The lowest BCUT2D eigenvalue weighted by Crippen LogP contribution is -2.19. The molecule has 0 bridgehead atoms. The third kappa shape index (κ3) is 2.26. The van der Waals surface area contributed by atoms with E-state index in [1.165, 1.54) is 0 Å². The summed E-state index contributed by atoms with van der Waals surface area (Å²) in [5.74, 6) is -0.700. The molecule has 3 rings (SSSR count). The SMILES string of the molecule is O=C1NC(=O)c2cc(NCc3ccccc3Cl)ccc21. The maximum Gasteiger partial charge on any atom is 0.259 e. The lowest BCUT2D eigenvalue weighted by atomic mass is 10.1. The van der Waals surface area contributed by atoms with Gasteiger partial charge in [-0.1, -0.05) is 29.8 Å². The summed E-state index contributed by atoms with van der Waals surface area (Å²) in [6.07, 6.45) is 0. The summed E-state index contributed by atoms with van der Waals surface area (Å²) in [7, 11) is 0. The first kappa shape index (κ1) is 12.7. The van der Waals surface area contributed by atoms with Gasteiger partial charge < -0.3 is 5.32 Å². The van der Waals surface area contributed by atoms with E-state index >= 15 is 0 Å². The highest BCUT2D eigenvalue weighted by atomic mass is 35.5. The van der Waals surface area contributed by atoms with Crippen molar-refractivity contribution in [2.75, 3.05) is 5.32 Å². The van der Waals surface area contributed by atoms with Gasteiger partial charge in [0.05, 0.1) is 11.1 Å². The standard InChI is InChI=1S/C15H11ClN2O2/c16-13-4-2-1-3-9(13)8-17-10-5-6-11-12(7-10)15(20)18-14(11)19/h1-7,17H,8H2,(H,18,19,20). The molecule has 0 unspecified atom stereocenters. The number of imide groups is 1. The average molecular weight is 287 g/mol. The topological polar surface area (TPSA) is 58.2 Å². The molecule has 4 nitrogen and oxygen atoms in total. The van der Waals surface area contributed by atoms with Crippen molar-refractivity contribution < 1.29 is 9.59 Å². The molecule has 100 valence electrons. The number of nitrogens with one attached hydrogen (secondary N) is 2. The van der Waals surface area contributed by atoms with Crippen LogP contribution in [0.5, 0.6) is 0 Å². The minimum atomic E-state index is -0.355. The van der Waals surface area contributed by atoms with Gasteiger partial charge in [-0.2, -0.15) is 0 Å². The van der Waals surface area contributed by atoms with Crippen LogP contribution in [0.4, 0.5) is 5.69 Å². The zero-order valence-corrected chi connectivity index (χ0v) is 11.2. The van der Waals surface area contributed by atoms with E-state index in [1.807, 2.05) is 24.3 Å². The molecule has 0 atom stereocenters. The Bertz CT molecular complexity index is 713. The largest absolute Gasteiger partial charge is 0.381 e. The summed E-state index contributed by atoms with van der Waals surface area (Å²) in [5.41, 5.74) is 2.56.